The van der Waals surface area contributed by atoms with E-state index in [4.69, 9.17) is 44.9 Å². The lowest BCUT2D eigenvalue weighted by Gasteiger charge is -2.20. The lowest BCUT2D eigenvalue weighted by Crippen LogP contribution is -2.31. The number of rotatable bonds is 10. The first kappa shape index (κ1) is 26.7. The van der Waals surface area contributed by atoms with Crippen LogP contribution in [0.5, 0.6) is 5.75 Å². The molecular formula is C30H26Cl3NO4. The molecule has 0 spiro atoms. The summed E-state index contributed by atoms with van der Waals surface area (Å²) < 4.78 is 6.00. The summed E-state index contributed by atoms with van der Waals surface area (Å²) in [7, 11) is 0. The van der Waals surface area contributed by atoms with Gasteiger partial charge in [-0.05, 0) is 85.0 Å². The van der Waals surface area contributed by atoms with Gasteiger partial charge < -0.3 is 15.3 Å². The molecule has 2 N–H and O–H groups in total. The predicted octanol–water partition coefficient (Wildman–Crippen LogP) is 7.97. The molecule has 38 heavy (non-hydrogen) atoms. The van der Waals surface area contributed by atoms with Crippen LogP contribution in [0, 0.1) is 24.2 Å². The van der Waals surface area contributed by atoms with Crippen LogP contribution >= 0.6 is 34.8 Å². The lowest BCUT2D eigenvalue weighted by molar-refractivity contribution is -0.122. The Balaban J connectivity index is 1.29. The number of aryl methyl sites for hydroxylation is 1. The molecule has 0 saturated heterocycles. The van der Waals surface area contributed by atoms with Crippen molar-refractivity contribution in [3.63, 3.8) is 0 Å². The Morgan fingerprint density at radius 1 is 1.00 bits per heavy atom. The number of ketones is 1. The molecule has 2 aliphatic rings. The Morgan fingerprint density at radius 3 is 2.32 bits per heavy atom. The maximum Gasteiger partial charge on any atom is 0.335 e. The Hall–Kier alpha value is -2.86. The first-order chi connectivity index (χ1) is 18.2. The van der Waals surface area contributed by atoms with Gasteiger partial charge in [-0.3, -0.25) is 4.79 Å². The Kier molecular flexibility index (Phi) is 7.54. The highest BCUT2D eigenvalue weighted by atomic mass is 35.5. The summed E-state index contributed by atoms with van der Waals surface area (Å²) in [4.78, 5) is 24.4. The van der Waals surface area contributed by atoms with Crippen molar-refractivity contribution in [3.8, 4) is 5.75 Å². The summed E-state index contributed by atoms with van der Waals surface area (Å²) >= 11 is 19.3. The highest BCUT2D eigenvalue weighted by Gasteiger charge is 2.41. The second-order valence-electron chi connectivity index (χ2n) is 10.1. The van der Waals surface area contributed by atoms with Gasteiger partial charge in [-0.15, -0.1) is 0 Å². The van der Waals surface area contributed by atoms with Crippen molar-refractivity contribution in [2.75, 3.05) is 6.61 Å². The van der Waals surface area contributed by atoms with Crippen molar-refractivity contribution >= 4 is 52.3 Å². The molecule has 5 rings (SSSR count). The third-order valence-electron chi connectivity index (χ3n) is 7.39. The molecule has 0 bridgehead atoms. The highest BCUT2D eigenvalue weighted by molar-refractivity contribution is 6.40. The molecule has 5 nitrogen and oxygen atoms in total. The zero-order valence-electron chi connectivity index (χ0n) is 20.6. The van der Waals surface area contributed by atoms with Crippen LogP contribution in [0.2, 0.25) is 15.1 Å². The van der Waals surface area contributed by atoms with Gasteiger partial charge in [0, 0.05) is 16.5 Å². The van der Waals surface area contributed by atoms with Crippen molar-refractivity contribution in [1.82, 2.24) is 0 Å². The van der Waals surface area contributed by atoms with E-state index in [-0.39, 0.29) is 35.9 Å². The number of carboxylic acids is 1. The molecule has 0 amide bonds. The van der Waals surface area contributed by atoms with E-state index in [0.29, 0.717) is 31.9 Å². The zero-order chi connectivity index (χ0) is 27.1. The maximum atomic E-state index is 13.1. The number of carbonyl (C=O) groups excluding carboxylic acids is 1. The van der Waals surface area contributed by atoms with Crippen molar-refractivity contribution in [1.29, 1.82) is 5.41 Å². The Bertz CT molecular complexity index is 1430. The number of nitrogens with one attached hydrogen (secondary N) is 1. The standard InChI is InChI=1S/C30H26Cl3NO4/c1-15-11-17(7-9-19(15)30(36)37)21-13-22(21)20-10-8-18(12-26(20)33)38-14-23(29(35)16-5-6-16)28(34)27-24(31)3-2-4-25(27)32/h2-4,7-12,16,21-23,34H,5-6,13-14H2,1H3,(H,36,37). The van der Waals surface area contributed by atoms with Crippen LogP contribution in [0.1, 0.15) is 63.7 Å². The summed E-state index contributed by atoms with van der Waals surface area (Å²) in [5.41, 5.74) is 3.59. The molecule has 2 fully saturated rings. The molecule has 2 aliphatic carbocycles. The molecule has 3 unspecified atom stereocenters. The van der Waals surface area contributed by atoms with Crippen LogP contribution in [0.15, 0.2) is 54.6 Å². The fourth-order valence-corrected chi connectivity index (χ4v) is 5.94. The lowest BCUT2D eigenvalue weighted by atomic mass is 9.91. The van der Waals surface area contributed by atoms with E-state index >= 15 is 0 Å². The van der Waals surface area contributed by atoms with Crippen molar-refractivity contribution in [2.24, 2.45) is 11.8 Å². The first-order valence-corrected chi connectivity index (χ1v) is 13.6. The molecule has 3 atom stereocenters. The number of ether oxygens (including phenoxy) is 1. The van der Waals surface area contributed by atoms with E-state index in [2.05, 4.69) is 0 Å². The van der Waals surface area contributed by atoms with Gasteiger partial charge in [-0.25, -0.2) is 4.79 Å². The summed E-state index contributed by atoms with van der Waals surface area (Å²) in [6.45, 7) is 1.80. The normalized spacial score (nSPS) is 19.1. The van der Waals surface area contributed by atoms with Gasteiger partial charge in [0.1, 0.15) is 18.1 Å². The maximum absolute atomic E-state index is 13.1. The van der Waals surface area contributed by atoms with Crippen LogP contribution in [-0.4, -0.2) is 29.2 Å². The van der Waals surface area contributed by atoms with E-state index in [0.717, 1.165) is 36.0 Å². The third-order valence-corrected chi connectivity index (χ3v) is 8.35. The number of hydrogen-bond donors (Lipinski definition) is 2. The van der Waals surface area contributed by atoms with E-state index in [1.165, 1.54) is 0 Å². The van der Waals surface area contributed by atoms with E-state index in [1.54, 1.807) is 30.3 Å². The average Bonchev–Trinajstić information content (AvgIpc) is 3.78. The van der Waals surface area contributed by atoms with E-state index in [9.17, 15) is 14.7 Å². The minimum atomic E-state index is -0.925. The number of hydrogen-bond acceptors (Lipinski definition) is 4. The van der Waals surface area contributed by atoms with Gasteiger partial charge in [0.15, 0.2) is 0 Å². The van der Waals surface area contributed by atoms with Crippen LogP contribution < -0.4 is 4.74 Å². The van der Waals surface area contributed by atoms with Crippen molar-refractivity contribution < 1.29 is 19.4 Å². The second-order valence-corrected chi connectivity index (χ2v) is 11.3. The van der Waals surface area contributed by atoms with Crippen LogP contribution in [0.3, 0.4) is 0 Å². The summed E-state index contributed by atoms with van der Waals surface area (Å²) in [5, 5.41) is 19.3. The topological polar surface area (TPSA) is 87.5 Å². The molecule has 3 aromatic carbocycles. The largest absolute Gasteiger partial charge is 0.492 e. The summed E-state index contributed by atoms with van der Waals surface area (Å²) in [5.74, 6) is -0.762. The average molecular weight is 571 g/mol. The zero-order valence-corrected chi connectivity index (χ0v) is 22.9. The minimum absolute atomic E-state index is 0.00729. The Labute approximate surface area is 236 Å². The number of carbonyl (C=O) groups is 2. The fraction of sp³-hybridized carbons (Fsp3) is 0.300. The predicted molar refractivity (Wildman–Crippen MR) is 150 cm³/mol. The Morgan fingerprint density at radius 2 is 1.71 bits per heavy atom. The van der Waals surface area contributed by atoms with Gasteiger partial charge >= 0.3 is 5.97 Å². The quantitative estimate of drug-likeness (QED) is 0.242. The fourth-order valence-electron chi connectivity index (χ4n) is 5.03. The van der Waals surface area contributed by atoms with Gasteiger partial charge in [0.2, 0.25) is 0 Å². The molecule has 0 heterocycles. The SMILES string of the molecule is Cc1cc(C2CC2c2ccc(OCC(C(=N)c3c(Cl)cccc3Cl)C(=O)C3CC3)cc2Cl)ccc1C(=O)O. The van der Waals surface area contributed by atoms with Gasteiger partial charge in [-0.2, -0.15) is 0 Å². The first-order valence-electron chi connectivity index (χ1n) is 12.5. The monoisotopic (exact) mass is 569 g/mol. The molecule has 0 aromatic heterocycles. The molecule has 196 valence electrons. The number of carboxylic acid groups (broad SMARTS) is 1. The number of halogens is 3. The van der Waals surface area contributed by atoms with Crippen molar-refractivity contribution in [2.45, 2.75) is 38.0 Å². The second kappa shape index (κ2) is 10.7. The van der Waals surface area contributed by atoms with Crippen LogP contribution in [0.4, 0.5) is 0 Å². The van der Waals surface area contributed by atoms with E-state index in [1.807, 2.05) is 31.2 Å². The molecule has 0 radical (unpaired) electrons. The molecule has 0 aliphatic heterocycles. The molecule has 8 heteroatoms. The van der Waals surface area contributed by atoms with Crippen molar-refractivity contribution in [3.05, 3.63) is 97.5 Å². The number of benzene rings is 3. The summed E-state index contributed by atoms with van der Waals surface area (Å²) in [6, 6.07) is 16.0. The molecule has 2 saturated carbocycles. The smallest absolute Gasteiger partial charge is 0.335 e. The molecular weight excluding hydrogens is 545 g/mol. The van der Waals surface area contributed by atoms with Crippen LogP contribution in [0.25, 0.3) is 0 Å². The van der Waals surface area contributed by atoms with Gasteiger partial charge in [0.05, 0.1) is 27.2 Å². The van der Waals surface area contributed by atoms with Crippen LogP contribution in [-0.2, 0) is 4.79 Å². The number of Topliss-reactive ketones (excluding diaryl/α,β-unsaturated/α-hetero) is 1. The summed E-state index contributed by atoms with van der Waals surface area (Å²) in [6.07, 6.45) is 2.57. The van der Waals surface area contributed by atoms with Gasteiger partial charge in [-0.1, -0.05) is 59.1 Å². The van der Waals surface area contributed by atoms with E-state index < -0.39 is 11.9 Å². The molecule has 3 aromatic rings. The third kappa shape index (κ3) is 5.47. The highest BCUT2D eigenvalue weighted by Crippen LogP contribution is 2.56. The minimum Gasteiger partial charge on any atom is -0.492 e. The van der Waals surface area contributed by atoms with Gasteiger partial charge in [0.25, 0.3) is 0 Å². The number of aromatic carboxylic acids is 1.